The van der Waals surface area contributed by atoms with E-state index in [4.69, 9.17) is 9.47 Å². The zero-order chi connectivity index (χ0) is 17.9. The minimum absolute atomic E-state index is 0.151. The van der Waals surface area contributed by atoms with E-state index in [2.05, 4.69) is 18.7 Å². The van der Waals surface area contributed by atoms with Crippen molar-refractivity contribution in [1.82, 2.24) is 9.21 Å². The first-order valence-electron chi connectivity index (χ1n) is 8.20. The van der Waals surface area contributed by atoms with E-state index in [1.165, 1.54) is 0 Å². The minimum Gasteiger partial charge on any atom is -0.496 e. The highest BCUT2D eigenvalue weighted by atomic mass is 32.2. The molecule has 7 heteroatoms. The van der Waals surface area contributed by atoms with Crippen LogP contribution in [0.3, 0.4) is 0 Å². The summed E-state index contributed by atoms with van der Waals surface area (Å²) in [5, 5.41) is 0. The van der Waals surface area contributed by atoms with Crippen molar-refractivity contribution in [2.24, 2.45) is 0 Å². The van der Waals surface area contributed by atoms with Crippen molar-refractivity contribution in [3.8, 4) is 5.75 Å². The van der Waals surface area contributed by atoms with Gasteiger partial charge in [-0.25, -0.2) is 8.42 Å². The Morgan fingerprint density at radius 3 is 2.29 bits per heavy atom. The van der Waals surface area contributed by atoms with Crippen LogP contribution in [0.4, 0.5) is 0 Å². The molecule has 24 heavy (non-hydrogen) atoms. The number of methoxy groups -OCH3 is 2. The molecule has 6 nitrogen and oxygen atoms in total. The number of nitrogens with zero attached hydrogens (tertiary/aromatic N) is 2. The second-order valence-corrected chi connectivity index (χ2v) is 8.32. The molecule has 0 amide bonds. The molecule has 1 fully saturated rings. The summed E-state index contributed by atoms with van der Waals surface area (Å²) >= 11 is 0. The second-order valence-electron chi connectivity index (χ2n) is 6.38. The molecule has 2 unspecified atom stereocenters. The zero-order valence-electron chi connectivity index (χ0n) is 15.2. The highest BCUT2D eigenvalue weighted by molar-refractivity contribution is 7.89. The quantitative estimate of drug-likeness (QED) is 0.777. The highest BCUT2D eigenvalue weighted by Crippen LogP contribution is 2.26. The van der Waals surface area contributed by atoms with Gasteiger partial charge < -0.3 is 9.47 Å². The molecule has 0 saturated carbocycles. The largest absolute Gasteiger partial charge is 0.496 e. The van der Waals surface area contributed by atoms with Gasteiger partial charge in [0, 0.05) is 38.8 Å². The molecule has 2 atom stereocenters. The fourth-order valence-electron chi connectivity index (χ4n) is 3.30. The van der Waals surface area contributed by atoms with Gasteiger partial charge in [-0.05, 0) is 44.5 Å². The van der Waals surface area contributed by atoms with Gasteiger partial charge in [-0.15, -0.1) is 0 Å². The lowest BCUT2D eigenvalue weighted by atomic mass is 10.1. The molecular weight excluding hydrogens is 328 g/mol. The molecule has 1 saturated heterocycles. The Hall–Kier alpha value is -1.15. The summed E-state index contributed by atoms with van der Waals surface area (Å²) in [7, 11) is -0.234. The molecule has 0 radical (unpaired) electrons. The van der Waals surface area contributed by atoms with Gasteiger partial charge in [0.1, 0.15) is 5.75 Å². The summed E-state index contributed by atoms with van der Waals surface area (Å²) in [6.07, 6.45) is 0. The number of benzene rings is 1. The standard InChI is InChI=1S/C17H28N2O4S/c1-13-10-16(6-7-17(13)23-5)24(20,21)18-11-14(2)19(8-9-22-4)15(3)12-18/h6-7,10,14-15H,8-9,11-12H2,1-5H3. The Morgan fingerprint density at radius 2 is 1.79 bits per heavy atom. The van der Waals surface area contributed by atoms with E-state index in [-0.39, 0.29) is 12.1 Å². The maximum Gasteiger partial charge on any atom is 0.243 e. The van der Waals surface area contributed by atoms with Crippen LogP contribution >= 0.6 is 0 Å². The fourth-order valence-corrected chi connectivity index (χ4v) is 4.99. The van der Waals surface area contributed by atoms with Crippen molar-refractivity contribution in [2.45, 2.75) is 37.8 Å². The third kappa shape index (κ3) is 3.91. The van der Waals surface area contributed by atoms with Crippen LogP contribution in [0.2, 0.25) is 0 Å². The molecule has 0 bridgehead atoms. The van der Waals surface area contributed by atoms with Crippen LogP contribution in [0, 0.1) is 6.92 Å². The average Bonchev–Trinajstić information content (AvgIpc) is 2.53. The molecule has 1 aliphatic rings. The normalized spacial score (nSPS) is 23.4. The van der Waals surface area contributed by atoms with Crippen LogP contribution in [0.15, 0.2) is 23.1 Å². The first-order valence-corrected chi connectivity index (χ1v) is 9.64. The van der Waals surface area contributed by atoms with Gasteiger partial charge in [-0.3, -0.25) is 4.90 Å². The molecular formula is C17H28N2O4S. The lowest BCUT2D eigenvalue weighted by molar-refractivity contribution is 0.0496. The molecule has 0 spiro atoms. The predicted octanol–water partition coefficient (Wildman–Crippen LogP) is 1.73. The number of hydrogen-bond acceptors (Lipinski definition) is 5. The van der Waals surface area contributed by atoms with E-state index >= 15 is 0 Å². The van der Waals surface area contributed by atoms with Crippen molar-refractivity contribution in [2.75, 3.05) is 40.5 Å². The Kier molecular flexibility index (Phi) is 6.25. The van der Waals surface area contributed by atoms with Crippen LogP contribution in [0.5, 0.6) is 5.75 Å². The molecule has 136 valence electrons. The van der Waals surface area contributed by atoms with E-state index in [1.807, 2.05) is 6.92 Å². The van der Waals surface area contributed by atoms with Gasteiger partial charge in [0.15, 0.2) is 0 Å². The summed E-state index contributed by atoms with van der Waals surface area (Å²) in [5.41, 5.74) is 0.818. The number of ether oxygens (including phenoxy) is 2. The molecule has 1 aromatic rings. The first-order chi connectivity index (χ1) is 11.3. The molecule has 2 rings (SSSR count). The number of aryl methyl sites for hydroxylation is 1. The molecule has 1 aromatic carbocycles. The Balaban J connectivity index is 2.20. The third-order valence-corrected chi connectivity index (χ3v) is 6.45. The number of sulfonamides is 1. The van der Waals surface area contributed by atoms with E-state index in [0.29, 0.717) is 30.3 Å². The lowest BCUT2D eigenvalue weighted by Crippen LogP contribution is -2.58. The van der Waals surface area contributed by atoms with Crippen molar-refractivity contribution >= 4 is 10.0 Å². The van der Waals surface area contributed by atoms with Gasteiger partial charge in [0.2, 0.25) is 10.0 Å². The van der Waals surface area contributed by atoms with Crippen LogP contribution < -0.4 is 4.74 Å². The van der Waals surface area contributed by atoms with Gasteiger partial charge in [-0.1, -0.05) is 0 Å². The van der Waals surface area contributed by atoms with Gasteiger partial charge in [-0.2, -0.15) is 4.31 Å². The summed E-state index contributed by atoms with van der Waals surface area (Å²) in [4.78, 5) is 2.62. The summed E-state index contributed by atoms with van der Waals surface area (Å²) < 4.78 is 37.9. The average molecular weight is 356 g/mol. The summed E-state index contributed by atoms with van der Waals surface area (Å²) in [5.74, 6) is 0.695. The van der Waals surface area contributed by atoms with Gasteiger partial charge in [0.25, 0.3) is 0 Å². The van der Waals surface area contributed by atoms with Gasteiger partial charge in [0.05, 0.1) is 18.6 Å². The molecule has 1 heterocycles. The van der Waals surface area contributed by atoms with Crippen LogP contribution in [-0.4, -0.2) is 70.2 Å². The Bertz CT molecular complexity index is 651. The summed E-state index contributed by atoms with van der Waals surface area (Å²) in [6.45, 7) is 8.42. The molecule has 1 aliphatic heterocycles. The smallest absolute Gasteiger partial charge is 0.243 e. The number of rotatable bonds is 6. The van der Waals surface area contributed by atoms with Gasteiger partial charge >= 0.3 is 0 Å². The fraction of sp³-hybridized carbons (Fsp3) is 0.647. The van der Waals surface area contributed by atoms with Crippen LogP contribution in [0.25, 0.3) is 0 Å². The van der Waals surface area contributed by atoms with E-state index in [9.17, 15) is 8.42 Å². The topological polar surface area (TPSA) is 59.1 Å². The first kappa shape index (κ1) is 19.2. The second kappa shape index (κ2) is 7.82. The van der Waals surface area contributed by atoms with Crippen LogP contribution in [-0.2, 0) is 14.8 Å². The summed E-state index contributed by atoms with van der Waals surface area (Å²) in [6, 6.07) is 5.31. The van der Waals surface area contributed by atoms with Crippen LogP contribution in [0.1, 0.15) is 19.4 Å². The molecule has 0 aliphatic carbocycles. The van der Waals surface area contributed by atoms with E-state index in [1.54, 1.807) is 36.7 Å². The lowest BCUT2D eigenvalue weighted by Gasteiger charge is -2.43. The van der Waals surface area contributed by atoms with Crippen molar-refractivity contribution < 1.29 is 17.9 Å². The Labute approximate surface area is 145 Å². The van der Waals surface area contributed by atoms with Crippen molar-refractivity contribution in [3.05, 3.63) is 23.8 Å². The van der Waals surface area contributed by atoms with Crippen molar-refractivity contribution in [3.63, 3.8) is 0 Å². The maximum absolute atomic E-state index is 13.0. The Morgan fingerprint density at radius 1 is 1.17 bits per heavy atom. The minimum atomic E-state index is -3.50. The highest BCUT2D eigenvalue weighted by Gasteiger charge is 2.35. The SMILES string of the molecule is COCCN1C(C)CN(S(=O)(=O)c2ccc(OC)c(C)c2)CC1C. The molecule has 0 aromatic heterocycles. The van der Waals surface area contributed by atoms with E-state index < -0.39 is 10.0 Å². The maximum atomic E-state index is 13.0. The monoisotopic (exact) mass is 356 g/mol. The number of hydrogen-bond donors (Lipinski definition) is 0. The van der Waals surface area contributed by atoms with E-state index in [0.717, 1.165) is 12.1 Å². The zero-order valence-corrected chi connectivity index (χ0v) is 16.0. The van der Waals surface area contributed by atoms with Crippen molar-refractivity contribution in [1.29, 1.82) is 0 Å². The molecule has 0 N–H and O–H groups in total. The third-order valence-electron chi connectivity index (χ3n) is 4.63. The predicted molar refractivity (Wildman–Crippen MR) is 94.0 cm³/mol. The number of piperazine rings is 1.